The average molecular weight is 411 g/mol. The second-order valence-corrected chi connectivity index (χ2v) is 8.00. The monoisotopic (exact) mass is 410 g/mol. The first-order valence-electron chi connectivity index (χ1n) is 11.1. The molecule has 2 N–H and O–H groups in total. The lowest BCUT2D eigenvalue weighted by molar-refractivity contribution is -0.00179. The molecule has 1 aliphatic rings. The van der Waals surface area contributed by atoms with Gasteiger partial charge in [0.25, 0.3) is 0 Å². The first kappa shape index (κ1) is 22.6. The number of Topliss-reactive ketones (excluding diaryl/α,β-unsaturated/α-hetero) is 1. The van der Waals surface area contributed by atoms with Gasteiger partial charge in [0.1, 0.15) is 6.10 Å². The van der Waals surface area contributed by atoms with Crippen molar-refractivity contribution in [2.75, 3.05) is 39.3 Å². The Balaban J connectivity index is 1.46. The zero-order valence-corrected chi connectivity index (χ0v) is 17.7. The Morgan fingerprint density at radius 1 is 1.00 bits per heavy atom. The lowest BCUT2D eigenvalue weighted by atomic mass is 10.00. The number of carbonyl (C=O) groups excluding carboxylic acids is 1. The number of carbonyl (C=O) groups is 1. The third-order valence-corrected chi connectivity index (χ3v) is 5.54. The number of hydrogen-bond donors (Lipinski definition) is 2. The summed E-state index contributed by atoms with van der Waals surface area (Å²) in [6.07, 6.45) is 3.14. The number of hydrogen-bond acceptors (Lipinski definition) is 5. The van der Waals surface area contributed by atoms with Gasteiger partial charge in [-0.05, 0) is 31.5 Å². The minimum Gasteiger partial charge on any atom is -0.389 e. The molecule has 5 heteroatoms. The average Bonchev–Trinajstić information content (AvgIpc) is 2.81. The summed E-state index contributed by atoms with van der Waals surface area (Å²) in [6, 6.07) is 19.1. The summed E-state index contributed by atoms with van der Waals surface area (Å²) in [5.74, 6) is -0.0512. The number of aliphatic hydroxyl groups is 1. The van der Waals surface area contributed by atoms with Crippen molar-refractivity contribution in [3.05, 3.63) is 71.8 Å². The topological polar surface area (TPSA) is 61.8 Å². The van der Waals surface area contributed by atoms with Crippen LogP contribution in [0.1, 0.15) is 35.2 Å². The first-order chi connectivity index (χ1) is 14.7. The minimum atomic E-state index is -0.645. The highest BCUT2D eigenvalue weighted by atomic mass is 16.5. The number of rotatable bonds is 12. The quantitative estimate of drug-likeness (QED) is 0.416. The van der Waals surface area contributed by atoms with Crippen LogP contribution in [0, 0.1) is 0 Å². The predicted molar refractivity (Wildman–Crippen MR) is 120 cm³/mol. The van der Waals surface area contributed by atoms with Crippen molar-refractivity contribution in [3.63, 3.8) is 0 Å². The van der Waals surface area contributed by atoms with Crippen LogP contribution in [0.15, 0.2) is 60.7 Å². The summed E-state index contributed by atoms with van der Waals surface area (Å²) in [5, 5.41) is 13.7. The molecule has 1 heterocycles. The van der Waals surface area contributed by atoms with Gasteiger partial charge in [-0.3, -0.25) is 4.79 Å². The van der Waals surface area contributed by atoms with Crippen molar-refractivity contribution in [1.29, 1.82) is 0 Å². The van der Waals surface area contributed by atoms with Gasteiger partial charge in [0.2, 0.25) is 0 Å². The molecule has 0 spiro atoms. The lowest BCUT2D eigenvalue weighted by Gasteiger charge is -2.26. The number of likely N-dealkylation sites (tertiary alicyclic amines) is 1. The summed E-state index contributed by atoms with van der Waals surface area (Å²) in [5.41, 5.74) is 1.67. The summed E-state index contributed by atoms with van der Waals surface area (Å²) in [6.45, 7) is 4.81. The van der Waals surface area contributed by atoms with Crippen LogP contribution < -0.4 is 5.32 Å². The number of piperidine rings is 1. The second-order valence-electron chi connectivity index (χ2n) is 8.00. The van der Waals surface area contributed by atoms with Crippen molar-refractivity contribution in [2.24, 2.45) is 0 Å². The highest BCUT2D eigenvalue weighted by Gasteiger charge is 2.22. The molecule has 1 saturated heterocycles. The highest BCUT2D eigenvalue weighted by molar-refractivity contribution is 5.99. The molecule has 2 aromatic carbocycles. The molecule has 2 atom stereocenters. The largest absolute Gasteiger partial charge is 0.389 e. The van der Waals surface area contributed by atoms with E-state index in [-0.39, 0.29) is 12.4 Å². The summed E-state index contributed by atoms with van der Waals surface area (Å²) in [4.78, 5) is 15.4. The van der Waals surface area contributed by atoms with Crippen LogP contribution in [-0.4, -0.2) is 67.3 Å². The van der Waals surface area contributed by atoms with Crippen LogP contribution in [0.2, 0.25) is 0 Å². The Morgan fingerprint density at radius 2 is 1.67 bits per heavy atom. The van der Waals surface area contributed by atoms with E-state index in [0.717, 1.165) is 18.7 Å². The molecule has 1 fully saturated rings. The van der Waals surface area contributed by atoms with Crippen LogP contribution in [0.4, 0.5) is 0 Å². The second kappa shape index (κ2) is 12.6. The van der Waals surface area contributed by atoms with Gasteiger partial charge in [-0.1, -0.05) is 67.1 Å². The summed E-state index contributed by atoms with van der Waals surface area (Å²) < 4.78 is 5.92. The lowest BCUT2D eigenvalue weighted by Crippen LogP contribution is -2.39. The summed E-state index contributed by atoms with van der Waals surface area (Å²) in [7, 11) is 0. The number of ether oxygens (including phenoxy) is 1. The van der Waals surface area contributed by atoms with Crippen LogP contribution in [-0.2, 0) is 11.2 Å². The van der Waals surface area contributed by atoms with Gasteiger partial charge in [-0.25, -0.2) is 0 Å². The maximum atomic E-state index is 13.0. The van der Waals surface area contributed by atoms with Gasteiger partial charge < -0.3 is 20.1 Å². The van der Waals surface area contributed by atoms with E-state index in [9.17, 15) is 9.90 Å². The number of ketones is 1. The van der Waals surface area contributed by atoms with E-state index in [1.807, 2.05) is 60.7 Å². The molecule has 2 unspecified atom stereocenters. The fraction of sp³-hybridized carbons (Fsp3) is 0.480. The van der Waals surface area contributed by atoms with Gasteiger partial charge in [0.05, 0.1) is 12.7 Å². The zero-order valence-electron chi connectivity index (χ0n) is 17.7. The Labute approximate surface area is 180 Å². The molecule has 0 saturated carbocycles. The molecule has 0 aliphatic carbocycles. The van der Waals surface area contributed by atoms with Crippen molar-refractivity contribution in [2.45, 2.75) is 37.9 Å². The Kier molecular flexibility index (Phi) is 9.51. The molecule has 0 bridgehead atoms. The van der Waals surface area contributed by atoms with E-state index in [0.29, 0.717) is 18.5 Å². The van der Waals surface area contributed by atoms with Crippen LogP contribution in [0.5, 0.6) is 0 Å². The van der Waals surface area contributed by atoms with Crippen molar-refractivity contribution < 1.29 is 14.6 Å². The molecule has 5 nitrogen and oxygen atoms in total. The SMILES string of the molecule is O=C(c1ccccc1)C(Cc1ccccc1)OCC(O)CNCCN1CCCCC1. The van der Waals surface area contributed by atoms with Crippen LogP contribution >= 0.6 is 0 Å². The minimum absolute atomic E-state index is 0.0512. The maximum absolute atomic E-state index is 13.0. The molecule has 0 amide bonds. The third-order valence-electron chi connectivity index (χ3n) is 5.54. The molecule has 1 aliphatic heterocycles. The van der Waals surface area contributed by atoms with Crippen molar-refractivity contribution in [3.8, 4) is 0 Å². The normalized spacial score (nSPS) is 16.8. The van der Waals surface area contributed by atoms with Crippen molar-refractivity contribution in [1.82, 2.24) is 10.2 Å². The maximum Gasteiger partial charge on any atom is 0.191 e. The van der Waals surface area contributed by atoms with Gasteiger partial charge in [-0.2, -0.15) is 0 Å². The van der Waals surface area contributed by atoms with E-state index < -0.39 is 12.2 Å². The number of benzene rings is 2. The molecular formula is C25H34N2O3. The van der Waals surface area contributed by atoms with E-state index in [4.69, 9.17) is 4.74 Å². The van der Waals surface area contributed by atoms with Gasteiger partial charge >= 0.3 is 0 Å². The van der Waals surface area contributed by atoms with Crippen molar-refractivity contribution >= 4 is 5.78 Å². The van der Waals surface area contributed by atoms with Gasteiger partial charge in [0, 0.05) is 31.6 Å². The Bertz CT molecular complexity index is 733. The smallest absolute Gasteiger partial charge is 0.191 e. The van der Waals surface area contributed by atoms with E-state index in [1.54, 1.807) is 0 Å². The predicted octanol–water partition coefficient (Wildman–Crippen LogP) is 2.93. The third kappa shape index (κ3) is 7.65. The van der Waals surface area contributed by atoms with Crippen LogP contribution in [0.3, 0.4) is 0 Å². The van der Waals surface area contributed by atoms with Crippen LogP contribution in [0.25, 0.3) is 0 Å². The molecule has 30 heavy (non-hydrogen) atoms. The van der Waals surface area contributed by atoms with E-state index >= 15 is 0 Å². The summed E-state index contributed by atoms with van der Waals surface area (Å²) >= 11 is 0. The first-order valence-corrected chi connectivity index (χ1v) is 11.1. The van der Waals surface area contributed by atoms with Gasteiger partial charge in [0.15, 0.2) is 5.78 Å². The number of nitrogens with zero attached hydrogens (tertiary/aromatic N) is 1. The Hall–Kier alpha value is -2.05. The Morgan fingerprint density at radius 3 is 2.37 bits per heavy atom. The van der Waals surface area contributed by atoms with E-state index in [2.05, 4.69) is 10.2 Å². The molecular weight excluding hydrogens is 376 g/mol. The fourth-order valence-corrected chi connectivity index (χ4v) is 3.82. The number of aliphatic hydroxyl groups excluding tert-OH is 1. The number of nitrogens with one attached hydrogen (secondary N) is 1. The molecule has 0 aromatic heterocycles. The van der Waals surface area contributed by atoms with Gasteiger partial charge in [-0.15, -0.1) is 0 Å². The molecule has 0 radical (unpaired) electrons. The molecule has 3 rings (SSSR count). The molecule has 2 aromatic rings. The molecule has 162 valence electrons. The highest BCUT2D eigenvalue weighted by Crippen LogP contribution is 2.13. The standard InChI is InChI=1S/C25H34N2O3/c28-23(19-26-14-17-27-15-8-3-9-16-27)20-30-24(18-21-10-4-1-5-11-21)25(29)22-12-6-2-7-13-22/h1-2,4-7,10-13,23-24,26,28H,3,8-9,14-20H2. The van der Waals surface area contributed by atoms with E-state index in [1.165, 1.54) is 32.4 Å². The fourth-order valence-electron chi connectivity index (χ4n) is 3.82. The zero-order chi connectivity index (χ0) is 21.0.